The van der Waals surface area contributed by atoms with Gasteiger partial charge in [0.25, 0.3) is 0 Å². The number of fused-ring (bicyclic) bond motifs is 11. The maximum atomic E-state index is 5.31. The third-order valence-electron chi connectivity index (χ3n) is 10.4. The topological polar surface area (TPSA) is 30.7 Å². The van der Waals surface area contributed by atoms with Gasteiger partial charge in [-0.15, -0.1) is 0 Å². The predicted molar refractivity (Wildman–Crippen MR) is 200 cm³/mol. The van der Waals surface area contributed by atoms with Crippen LogP contribution in [0.5, 0.6) is 0 Å². The van der Waals surface area contributed by atoms with Crippen molar-refractivity contribution < 1.29 is 0 Å². The second kappa shape index (κ2) is 9.97. The number of rotatable bonds is 3. The first-order valence-electron chi connectivity index (χ1n) is 16.6. The molecule has 0 aliphatic heterocycles. The summed E-state index contributed by atoms with van der Waals surface area (Å²) in [6, 6.07) is 54.2. The molecule has 1 aliphatic rings. The SMILES string of the molecule is CC1(C)c2ccccc2-c2c1c1c(c3ccccc23)c2ccccc2n1-c1ccc2nc(-c3ccc(-c4ccccc4)cc3)ccc2n1. The van der Waals surface area contributed by atoms with Gasteiger partial charge >= 0.3 is 0 Å². The Morgan fingerprint density at radius 1 is 0.500 bits per heavy atom. The molecule has 10 rings (SSSR count). The van der Waals surface area contributed by atoms with Crippen molar-refractivity contribution >= 4 is 43.6 Å². The molecular formula is C45H31N3. The Bertz CT molecular complexity index is 2730. The molecule has 1 aliphatic carbocycles. The molecule has 0 radical (unpaired) electrons. The third kappa shape index (κ3) is 3.76. The highest BCUT2D eigenvalue weighted by Gasteiger charge is 2.40. The molecule has 0 bridgehead atoms. The summed E-state index contributed by atoms with van der Waals surface area (Å²) in [5.41, 5.74) is 13.8. The Morgan fingerprint density at radius 2 is 1.12 bits per heavy atom. The molecule has 3 aromatic heterocycles. The van der Waals surface area contributed by atoms with Crippen LogP contribution in [0.1, 0.15) is 25.0 Å². The Morgan fingerprint density at radius 3 is 1.96 bits per heavy atom. The molecule has 0 unspecified atom stereocenters. The zero-order valence-electron chi connectivity index (χ0n) is 26.8. The van der Waals surface area contributed by atoms with Gasteiger partial charge in [0.2, 0.25) is 0 Å². The summed E-state index contributed by atoms with van der Waals surface area (Å²) in [4.78, 5) is 10.4. The molecular weight excluding hydrogens is 583 g/mol. The van der Waals surface area contributed by atoms with E-state index in [1.165, 1.54) is 60.4 Å². The minimum Gasteiger partial charge on any atom is -0.293 e. The fraction of sp³-hybridized carbons (Fsp3) is 0.0667. The van der Waals surface area contributed by atoms with Crippen LogP contribution in [0.3, 0.4) is 0 Å². The molecule has 0 saturated carbocycles. The van der Waals surface area contributed by atoms with Crippen molar-refractivity contribution in [2.75, 3.05) is 0 Å². The lowest BCUT2D eigenvalue weighted by Crippen LogP contribution is -2.16. The normalized spacial score (nSPS) is 13.4. The number of hydrogen-bond donors (Lipinski definition) is 0. The van der Waals surface area contributed by atoms with Gasteiger partial charge in [0.15, 0.2) is 0 Å². The minimum atomic E-state index is -0.191. The van der Waals surface area contributed by atoms with Crippen molar-refractivity contribution in [2.24, 2.45) is 0 Å². The summed E-state index contributed by atoms with van der Waals surface area (Å²) in [5.74, 6) is 0.903. The average molecular weight is 614 g/mol. The summed E-state index contributed by atoms with van der Waals surface area (Å²) in [6.45, 7) is 4.75. The van der Waals surface area contributed by atoms with Crippen LogP contribution < -0.4 is 0 Å². The zero-order valence-corrected chi connectivity index (χ0v) is 26.8. The van der Waals surface area contributed by atoms with E-state index in [0.717, 1.165) is 33.6 Å². The van der Waals surface area contributed by atoms with Crippen LogP contribution in [0.25, 0.3) is 82.9 Å². The number of pyridine rings is 2. The van der Waals surface area contributed by atoms with Gasteiger partial charge in [-0.3, -0.25) is 4.57 Å². The van der Waals surface area contributed by atoms with Crippen LogP contribution in [0.15, 0.2) is 152 Å². The summed E-state index contributed by atoms with van der Waals surface area (Å²) in [5, 5.41) is 5.11. The molecule has 9 aromatic rings. The van der Waals surface area contributed by atoms with Crippen LogP contribution in [0, 0.1) is 0 Å². The van der Waals surface area contributed by atoms with Gasteiger partial charge in [-0.1, -0.05) is 135 Å². The van der Waals surface area contributed by atoms with E-state index in [9.17, 15) is 0 Å². The first-order chi connectivity index (χ1) is 23.6. The number of para-hydroxylation sites is 1. The molecule has 3 heterocycles. The lowest BCUT2D eigenvalue weighted by Gasteiger charge is -2.24. The first-order valence-corrected chi connectivity index (χ1v) is 16.6. The average Bonchev–Trinajstić information content (AvgIpc) is 3.61. The highest BCUT2D eigenvalue weighted by molar-refractivity contribution is 6.26. The second-order valence-electron chi connectivity index (χ2n) is 13.4. The molecule has 0 amide bonds. The lowest BCUT2D eigenvalue weighted by molar-refractivity contribution is 0.664. The van der Waals surface area contributed by atoms with E-state index < -0.39 is 0 Å². The first kappa shape index (κ1) is 27.1. The van der Waals surface area contributed by atoms with E-state index in [2.05, 4.69) is 164 Å². The van der Waals surface area contributed by atoms with Gasteiger partial charge in [0.1, 0.15) is 5.82 Å². The van der Waals surface area contributed by atoms with E-state index in [0.29, 0.717) is 0 Å². The van der Waals surface area contributed by atoms with Crippen molar-refractivity contribution in [1.82, 2.24) is 14.5 Å². The Kier molecular flexibility index (Phi) is 5.63. The molecule has 0 spiro atoms. The highest BCUT2D eigenvalue weighted by atomic mass is 15.1. The molecule has 48 heavy (non-hydrogen) atoms. The molecule has 0 N–H and O–H groups in total. The van der Waals surface area contributed by atoms with E-state index in [1.54, 1.807) is 0 Å². The smallest absolute Gasteiger partial charge is 0.138 e. The number of nitrogens with zero attached hydrogens (tertiary/aromatic N) is 3. The minimum absolute atomic E-state index is 0.191. The van der Waals surface area contributed by atoms with Gasteiger partial charge in [-0.2, -0.15) is 0 Å². The van der Waals surface area contributed by atoms with Gasteiger partial charge < -0.3 is 0 Å². The largest absolute Gasteiger partial charge is 0.293 e. The number of benzene rings is 6. The van der Waals surface area contributed by atoms with Crippen molar-refractivity contribution in [3.05, 3.63) is 163 Å². The van der Waals surface area contributed by atoms with Gasteiger partial charge in [0, 0.05) is 21.8 Å². The molecule has 6 aromatic carbocycles. The molecule has 3 heteroatoms. The fourth-order valence-electron chi connectivity index (χ4n) is 8.18. The summed E-state index contributed by atoms with van der Waals surface area (Å²) in [7, 11) is 0. The summed E-state index contributed by atoms with van der Waals surface area (Å²) >= 11 is 0. The van der Waals surface area contributed by atoms with Crippen LogP contribution in [-0.4, -0.2) is 14.5 Å². The maximum absolute atomic E-state index is 5.31. The summed E-state index contributed by atoms with van der Waals surface area (Å²) < 4.78 is 2.40. The van der Waals surface area contributed by atoms with E-state index in [1.807, 2.05) is 6.07 Å². The fourth-order valence-corrected chi connectivity index (χ4v) is 8.18. The Balaban J connectivity index is 1.19. The number of aromatic nitrogens is 3. The lowest BCUT2D eigenvalue weighted by atomic mass is 9.80. The third-order valence-corrected chi connectivity index (χ3v) is 10.4. The van der Waals surface area contributed by atoms with E-state index in [4.69, 9.17) is 9.97 Å². The van der Waals surface area contributed by atoms with E-state index in [-0.39, 0.29) is 5.41 Å². The second-order valence-corrected chi connectivity index (χ2v) is 13.4. The van der Waals surface area contributed by atoms with Crippen molar-refractivity contribution in [2.45, 2.75) is 19.3 Å². The predicted octanol–water partition coefficient (Wildman–Crippen LogP) is 11.5. The van der Waals surface area contributed by atoms with Crippen LogP contribution in [0.2, 0.25) is 0 Å². The Labute approximate surface area is 278 Å². The van der Waals surface area contributed by atoms with Crippen LogP contribution in [0.4, 0.5) is 0 Å². The van der Waals surface area contributed by atoms with Crippen LogP contribution in [-0.2, 0) is 5.41 Å². The Hall–Kier alpha value is -6.06. The van der Waals surface area contributed by atoms with Crippen molar-refractivity contribution in [3.8, 4) is 39.3 Å². The van der Waals surface area contributed by atoms with Crippen LogP contribution >= 0.6 is 0 Å². The molecule has 0 fully saturated rings. The van der Waals surface area contributed by atoms with Gasteiger partial charge in [-0.05, 0) is 74.5 Å². The van der Waals surface area contributed by atoms with Crippen molar-refractivity contribution in [1.29, 1.82) is 0 Å². The van der Waals surface area contributed by atoms with Gasteiger partial charge in [-0.25, -0.2) is 9.97 Å². The molecule has 226 valence electrons. The molecule has 3 nitrogen and oxygen atoms in total. The van der Waals surface area contributed by atoms with Gasteiger partial charge in [0.05, 0.1) is 27.8 Å². The quantitative estimate of drug-likeness (QED) is 0.198. The highest BCUT2D eigenvalue weighted by Crippen LogP contribution is 2.56. The van der Waals surface area contributed by atoms with Crippen molar-refractivity contribution in [3.63, 3.8) is 0 Å². The zero-order chi connectivity index (χ0) is 32.0. The molecule has 0 saturated heterocycles. The maximum Gasteiger partial charge on any atom is 0.138 e. The van der Waals surface area contributed by atoms with E-state index >= 15 is 0 Å². The monoisotopic (exact) mass is 613 g/mol. The standard InChI is InChI=1S/C45H31N3/c1-45(2)35-18-10-8-16-33(35)41-31-14-6-7-15-32(31)42-34-17-9-11-19-39(34)48(44(42)43(41)45)40-27-26-37-38(47-40)25-24-36(46-37)30-22-20-29(21-23-30)28-12-4-3-5-13-28/h3-27H,1-2H3. The number of hydrogen-bond acceptors (Lipinski definition) is 2. The summed E-state index contributed by atoms with van der Waals surface area (Å²) in [6.07, 6.45) is 0. The molecule has 0 atom stereocenters.